The predicted octanol–water partition coefficient (Wildman–Crippen LogP) is 3.47. The molecule has 2 aromatic rings. The summed E-state index contributed by atoms with van der Waals surface area (Å²) in [4.78, 5) is 20.4. The van der Waals surface area contributed by atoms with Crippen LogP contribution in [0.3, 0.4) is 0 Å². The van der Waals surface area contributed by atoms with E-state index >= 15 is 0 Å². The molecule has 0 saturated carbocycles. The van der Waals surface area contributed by atoms with Gasteiger partial charge in [-0.3, -0.25) is 4.79 Å². The lowest BCUT2D eigenvalue weighted by Crippen LogP contribution is -2.15. The molecule has 1 amide bonds. The lowest BCUT2D eigenvalue weighted by atomic mass is 9.98. The van der Waals surface area contributed by atoms with E-state index in [-0.39, 0.29) is 5.91 Å². The lowest BCUT2D eigenvalue weighted by molar-refractivity contribution is 0.102. The fraction of sp³-hybridized carbons (Fsp3) is 0.312. The van der Waals surface area contributed by atoms with E-state index < -0.39 is 0 Å². The molecule has 0 aliphatic rings. The van der Waals surface area contributed by atoms with E-state index in [1.165, 1.54) is 0 Å². The van der Waals surface area contributed by atoms with Gasteiger partial charge < -0.3 is 5.32 Å². The lowest BCUT2D eigenvalue weighted by Gasteiger charge is -2.16. The number of carbonyl (C=O) groups is 1. The predicted molar refractivity (Wildman–Crippen MR) is 80.0 cm³/mol. The quantitative estimate of drug-likeness (QED) is 0.928. The third-order valence-electron chi connectivity index (χ3n) is 3.21. The molecular formula is C16H19N3O. The molecule has 104 valence electrons. The van der Waals surface area contributed by atoms with Crippen molar-refractivity contribution in [2.45, 2.75) is 33.6 Å². The van der Waals surface area contributed by atoms with E-state index in [4.69, 9.17) is 0 Å². The third-order valence-corrected chi connectivity index (χ3v) is 3.21. The van der Waals surface area contributed by atoms with Gasteiger partial charge in [-0.05, 0) is 30.9 Å². The zero-order valence-electron chi connectivity index (χ0n) is 12.3. The van der Waals surface area contributed by atoms with Crippen LogP contribution in [0.2, 0.25) is 0 Å². The number of hydrogen-bond acceptors (Lipinski definition) is 3. The van der Waals surface area contributed by atoms with Gasteiger partial charge in [0.05, 0.1) is 5.56 Å². The Hall–Kier alpha value is -2.23. The maximum Gasteiger partial charge on any atom is 0.258 e. The average Bonchev–Trinajstić information content (AvgIpc) is 2.41. The molecule has 0 atom stereocenters. The van der Waals surface area contributed by atoms with Crippen LogP contribution in [0.5, 0.6) is 0 Å². The van der Waals surface area contributed by atoms with Crippen molar-refractivity contribution in [3.05, 3.63) is 53.1 Å². The summed E-state index contributed by atoms with van der Waals surface area (Å²) in [5.41, 5.74) is 3.53. The second-order valence-electron chi connectivity index (χ2n) is 5.17. The number of aryl methyl sites for hydroxylation is 2. The molecule has 0 aliphatic carbocycles. The Morgan fingerprint density at radius 3 is 2.40 bits per heavy atom. The molecule has 1 aromatic heterocycles. The minimum atomic E-state index is -0.179. The van der Waals surface area contributed by atoms with Gasteiger partial charge in [-0.15, -0.1) is 0 Å². The summed E-state index contributed by atoms with van der Waals surface area (Å²) in [5.74, 6) is 0.820. The van der Waals surface area contributed by atoms with Crippen molar-refractivity contribution < 1.29 is 4.79 Å². The van der Waals surface area contributed by atoms with Crippen molar-refractivity contribution in [2.75, 3.05) is 5.32 Å². The normalized spacial score (nSPS) is 10.7. The van der Waals surface area contributed by atoms with Gasteiger partial charge in [0.15, 0.2) is 0 Å². The molecule has 1 heterocycles. The largest absolute Gasteiger partial charge is 0.321 e. The molecule has 1 N–H and O–H groups in total. The summed E-state index contributed by atoms with van der Waals surface area (Å²) >= 11 is 0. The number of aromatic nitrogens is 2. The monoisotopic (exact) mass is 269 g/mol. The number of rotatable bonds is 3. The van der Waals surface area contributed by atoms with Crippen LogP contribution in [0, 0.1) is 13.8 Å². The Morgan fingerprint density at radius 2 is 1.80 bits per heavy atom. The third kappa shape index (κ3) is 3.02. The molecule has 0 saturated heterocycles. The zero-order valence-corrected chi connectivity index (χ0v) is 12.3. The van der Waals surface area contributed by atoms with Gasteiger partial charge in [0.2, 0.25) is 0 Å². The number of benzene rings is 1. The Morgan fingerprint density at radius 1 is 1.15 bits per heavy atom. The van der Waals surface area contributed by atoms with Crippen LogP contribution in [-0.2, 0) is 0 Å². The van der Waals surface area contributed by atoms with Crippen molar-refractivity contribution >= 4 is 11.6 Å². The highest BCUT2D eigenvalue weighted by Crippen LogP contribution is 2.27. The Bertz CT molecular complexity index is 618. The van der Waals surface area contributed by atoms with Gasteiger partial charge in [-0.2, -0.15) is 0 Å². The molecule has 1 aromatic carbocycles. The first-order valence-corrected chi connectivity index (χ1v) is 6.68. The molecule has 0 aliphatic heterocycles. The number of anilines is 1. The molecule has 0 bridgehead atoms. The smallest absolute Gasteiger partial charge is 0.258 e. The van der Waals surface area contributed by atoms with E-state index in [9.17, 15) is 4.79 Å². The summed E-state index contributed by atoms with van der Waals surface area (Å²) in [6.07, 6.45) is 3.09. The average molecular weight is 269 g/mol. The molecule has 0 spiro atoms. The molecule has 4 nitrogen and oxygen atoms in total. The summed E-state index contributed by atoms with van der Waals surface area (Å²) in [6.45, 7) is 8.01. The van der Waals surface area contributed by atoms with Crippen LogP contribution in [0.4, 0.5) is 5.69 Å². The van der Waals surface area contributed by atoms with Crippen molar-refractivity contribution in [3.63, 3.8) is 0 Å². The summed E-state index contributed by atoms with van der Waals surface area (Å²) in [7, 11) is 0. The van der Waals surface area contributed by atoms with Crippen LogP contribution < -0.4 is 5.32 Å². The first-order chi connectivity index (χ1) is 9.49. The van der Waals surface area contributed by atoms with E-state index in [0.717, 1.165) is 16.8 Å². The van der Waals surface area contributed by atoms with E-state index in [0.29, 0.717) is 17.3 Å². The highest BCUT2D eigenvalue weighted by Gasteiger charge is 2.13. The maximum absolute atomic E-state index is 12.3. The number of nitrogens with one attached hydrogen (secondary N) is 1. The first kappa shape index (κ1) is 14.2. The minimum absolute atomic E-state index is 0.179. The molecule has 0 unspecified atom stereocenters. The second kappa shape index (κ2) is 5.82. The van der Waals surface area contributed by atoms with Gasteiger partial charge in [-0.25, -0.2) is 9.97 Å². The molecule has 0 fully saturated rings. The number of hydrogen-bond donors (Lipinski definition) is 1. The fourth-order valence-corrected chi connectivity index (χ4v) is 2.04. The first-order valence-electron chi connectivity index (χ1n) is 6.68. The summed E-state index contributed by atoms with van der Waals surface area (Å²) in [6, 6.07) is 6.04. The van der Waals surface area contributed by atoms with Crippen molar-refractivity contribution in [2.24, 2.45) is 0 Å². The van der Waals surface area contributed by atoms with Gasteiger partial charge in [-0.1, -0.05) is 32.0 Å². The van der Waals surface area contributed by atoms with Crippen LogP contribution in [-0.4, -0.2) is 15.9 Å². The van der Waals surface area contributed by atoms with Crippen LogP contribution in [0.1, 0.15) is 47.1 Å². The number of amides is 1. The summed E-state index contributed by atoms with van der Waals surface area (Å²) < 4.78 is 0. The molecule has 4 heteroatoms. The Kier molecular flexibility index (Phi) is 4.13. The highest BCUT2D eigenvalue weighted by atomic mass is 16.1. The van der Waals surface area contributed by atoms with Gasteiger partial charge in [0.1, 0.15) is 5.82 Å². The second-order valence-corrected chi connectivity index (χ2v) is 5.17. The van der Waals surface area contributed by atoms with Gasteiger partial charge in [0.25, 0.3) is 5.91 Å². The highest BCUT2D eigenvalue weighted by molar-refractivity contribution is 6.04. The van der Waals surface area contributed by atoms with E-state index in [1.807, 2.05) is 25.1 Å². The topological polar surface area (TPSA) is 54.9 Å². The van der Waals surface area contributed by atoms with E-state index in [1.54, 1.807) is 19.3 Å². The summed E-state index contributed by atoms with van der Waals surface area (Å²) in [5, 5.41) is 2.98. The van der Waals surface area contributed by atoms with Gasteiger partial charge in [0, 0.05) is 18.1 Å². The minimum Gasteiger partial charge on any atom is -0.321 e. The van der Waals surface area contributed by atoms with Crippen molar-refractivity contribution in [1.82, 2.24) is 9.97 Å². The fourth-order valence-electron chi connectivity index (χ4n) is 2.04. The van der Waals surface area contributed by atoms with E-state index in [2.05, 4.69) is 29.1 Å². The number of carbonyl (C=O) groups excluding carboxylic acids is 1. The van der Waals surface area contributed by atoms with Crippen LogP contribution >= 0.6 is 0 Å². The standard InChI is InChI=1S/C16H19N3O/c1-10(2)14-7-5-6-11(3)15(14)19-16(20)13-8-17-12(4)18-9-13/h5-10H,1-4H3,(H,19,20). The molecule has 20 heavy (non-hydrogen) atoms. The molecule has 2 rings (SSSR count). The SMILES string of the molecule is Cc1ncc(C(=O)Nc2c(C)cccc2C(C)C)cn1. The number of nitrogens with zero attached hydrogens (tertiary/aromatic N) is 2. The van der Waals surface area contributed by atoms with Crippen molar-refractivity contribution in [3.8, 4) is 0 Å². The van der Waals surface area contributed by atoms with Crippen LogP contribution in [0.15, 0.2) is 30.6 Å². The Balaban J connectivity index is 2.30. The molecule has 0 radical (unpaired) electrons. The molecular weight excluding hydrogens is 250 g/mol. The van der Waals surface area contributed by atoms with Crippen LogP contribution in [0.25, 0.3) is 0 Å². The maximum atomic E-state index is 12.3. The zero-order chi connectivity index (χ0) is 14.7. The Labute approximate surface area is 119 Å². The van der Waals surface area contributed by atoms with Crippen molar-refractivity contribution in [1.29, 1.82) is 0 Å². The van der Waals surface area contributed by atoms with Gasteiger partial charge >= 0.3 is 0 Å². The number of para-hydroxylation sites is 1.